The van der Waals surface area contributed by atoms with Crippen molar-refractivity contribution < 1.29 is 35.9 Å². The molecule has 3 fully saturated rings. The van der Waals surface area contributed by atoms with Gasteiger partial charge in [-0.3, -0.25) is 9.47 Å². The van der Waals surface area contributed by atoms with Crippen molar-refractivity contribution in [1.82, 2.24) is 34.3 Å². The van der Waals surface area contributed by atoms with Gasteiger partial charge >= 0.3 is 18.2 Å². The number of rotatable bonds is 6. The van der Waals surface area contributed by atoms with E-state index in [9.17, 15) is 26.7 Å². The van der Waals surface area contributed by atoms with Crippen molar-refractivity contribution in [2.24, 2.45) is 0 Å². The van der Waals surface area contributed by atoms with E-state index in [0.29, 0.717) is 32.4 Å². The van der Waals surface area contributed by atoms with Crippen LogP contribution >= 0.6 is 11.6 Å². The molecule has 0 radical (unpaired) electrons. The number of carbonyl (C=O) groups excluding carboxylic acids is 1. The first-order valence-corrected chi connectivity index (χ1v) is 17.8. The zero-order valence-electron chi connectivity index (χ0n) is 29.9. The molecule has 6 heterocycles. The normalized spacial score (nSPS) is 21.5. The molecule has 0 spiro atoms. The molecule has 1 amide bonds. The van der Waals surface area contributed by atoms with Crippen LogP contribution < -0.4 is 15.4 Å². The number of nitrogens with two attached hydrogens (primary N) is 1. The summed E-state index contributed by atoms with van der Waals surface area (Å²) in [4.78, 5) is 35.4. The lowest BCUT2D eigenvalue weighted by Gasteiger charge is -2.42. The van der Waals surface area contributed by atoms with Gasteiger partial charge in [-0.05, 0) is 70.2 Å². The molecule has 0 aliphatic carbocycles. The molecule has 3 aliphatic heterocycles. The minimum Gasteiger partial charge on any atom is -0.461 e. The number of aryl methyl sites for hydroxylation is 1. The van der Waals surface area contributed by atoms with Crippen LogP contribution in [-0.4, -0.2) is 91.2 Å². The van der Waals surface area contributed by atoms with Crippen molar-refractivity contribution in [1.29, 1.82) is 5.26 Å². The number of anilines is 2. The molecular weight excluding hydrogens is 754 g/mol. The summed E-state index contributed by atoms with van der Waals surface area (Å²) in [6.45, 7) is 3.92. The van der Waals surface area contributed by atoms with Gasteiger partial charge in [0.25, 0.3) is 6.08 Å². The lowest BCUT2D eigenvalue weighted by molar-refractivity contribution is -0.137. The second kappa shape index (κ2) is 14.2. The van der Waals surface area contributed by atoms with E-state index < -0.39 is 57.0 Å². The highest BCUT2D eigenvalue weighted by atomic mass is 35.5. The lowest BCUT2D eigenvalue weighted by Crippen LogP contribution is -2.50. The van der Waals surface area contributed by atoms with Crippen LogP contribution in [0.4, 0.5) is 42.8 Å². The molecule has 3 aliphatic rings. The van der Waals surface area contributed by atoms with Crippen molar-refractivity contribution in [3.63, 3.8) is 0 Å². The Hall–Kier alpha value is -5.15. The maximum Gasteiger partial charge on any atom is 0.418 e. The van der Waals surface area contributed by atoms with Crippen LogP contribution in [0.5, 0.6) is 6.01 Å². The highest BCUT2D eigenvalue weighted by molar-refractivity contribution is 6.34. The van der Waals surface area contributed by atoms with Gasteiger partial charge in [0, 0.05) is 43.2 Å². The predicted octanol–water partition coefficient (Wildman–Crippen LogP) is 7.19. The molecule has 3 aromatic heterocycles. The smallest absolute Gasteiger partial charge is 0.418 e. The van der Waals surface area contributed by atoms with E-state index in [0.717, 1.165) is 12.5 Å². The quantitative estimate of drug-likeness (QED) is 0.200. The van der Waals surface area contributed by atoms with Crippen LogP contribution in [0.15, 0.2) is 36.3 Å². The number of alkyl halides is 3. The van der Waals surface area contributed by atoms with Crippen molar-refractivity contribution in [3.05, 3.63) is 64.0 Å². The fourth-order valence-corrected chi connectivity index (χ4v) is 8.48. The maximum atomic E-state index is 16.9. The highest BCUT2D eigenvalue weighted by Crippen LogP contribution is 2.46. The second-order valence-electron chi connectivity index (χ2n) is 14.3. The number of piperidine rings is 1. The molecule has 7 rings (SSSR count). The number of nitrogens with zero attached hydrogens (tertiary/aromatic N) is 9. The predicted molar refractivity (Wildman–Crippen MR) is 190 cm³/mol. The number of fused-ring (bicyclic) bond motifs is 2. The number of imidazole rings is 1. The monoisotopic (exact) mass is 788 g/mol. The summed E-state index contributed by atoms with van der Waals surface area (Å²) in [5, 5.41) is 8.81. The van der Waals surface area contributed by atoms with Gasteiger partial charge in [-0.15, -0.1) is 0 Å². The number of carbonyl (C=O) groups is 1. The molecule has 12 nitrogen and oxygen atoms in total. The number of hydrogen-bond acceptors (Lipinski definition) is 10. The first kappa shape index (κ1) is 38.1. The third-order valence-electron chi connectivity index (χ3n) is 10.9. The van der Waals surface area contributed by atoms with E-state index in [1.807, 2.05) is 22.8 Å². The van der Waals surface area contributed by atoms with Crippen LogP contribution in [0.25, 0.3) is 22.2 Å². The number of aromatic nitrogens is 5. The van der Waals surface area contributed by atoms with Gasteiger partial charge in [-0.25, -0.2) is 19.2 Å². The third-order valence-corrected chi connectivity index (χ3v) is 11.2. The zero-order chi connectivity index (χ0) is 39.6. The Kier molecular flexibility index (Phi) is 9.82. The Labute approximate surface area is 316 Å². The van der Waals surface area contributed by atoms with Gasteiger partial charge in [-0.1, -0.05) is 11.6 Å². The molecule has 2 unspecified atom stereocenters. The summed E-state index contributed by atoms with van der Waals surface area (Å²) in [6, 6.07) is 2.89. The van der Waals surface area contributed by atoms with Gasteiger partial charge in [0.15, 0.2) is 11.5 Å². The minimum atomic E-state index is -4.94. The molecule has 4 aromatic rings. The number of nitriles is 1. The molecule has 3 atom stereocenters. The Balaban J connectivity index is 1.30. The van der Waals surface area contributed by atoms with Crippen molar-refractivity contribution in [3.8, 4) is 23.3 Å². The first-order valence-electron chi connectivity index (χ1n) is 17.4. The van der Waals surface area contributed by atoms with Gasteiger partial charge in [-0.2, -0.15) is 37.2 Å². The fourth-order valence-electron chi connectivity index (χ4n) is 8.20. The summed E-state index contributed by atoms with van der Waals surface area (Å²) >= 11 is 6.64. The average molecular weight is 789 g/mol. The van der Waals surface area contributed by atoms with E-state index >= 15 is 4.39 Å². The Morgan fingerprint density at radius 1 is 1.22 bits per heavy atom. The molecule has 3 saturated heterocycles. The maximum absolute atomic E-state index is 16.9. The minimum absolute atomic E-state index is 0.0119. The number of pyridine rings is 1. The van der Waals surface area contributed by atoms with Crippen LogP contribution in [0.2, 0.25) is 5.02 Å². The number of halogens is 7. The third kappa shape index (κ3) is 6.88. The molecule has 0 bridgehead atoms. The van der Waals surface area contributed by atoms with Crippen LogP contribution in [0.3, 0.4) is 0 Å². The molecule has 290 valence electrons. The van der Waals surface area contributed by atoms with E-state index in [2.05, 4.69) is 19.9 Å². The number of ether oxygens (including phenoxy) is 1. The Morgan fingerprint density at radius 3 is 2.65 bits per heavy atom. The van der Waals surface area contributed by atoms with E-state index in [-0.39, 0.29) is 71.5 Å². The summed E-state index contributed by atoms with van der Waals surface area (Å²) in [7, 11) is 1.63. The summed E-state index contributed by atoms with van der Waals surface area (Å²) in [6.07, 6.45) is -1.87. The van der Waals surface area contributed by atoms with E-state index in [1.54, 1.807) is 11.9 Å². The fraction of sp³-hybridized carbons (Fsp3) is 0.444. The number of hydrogen-bond donors (Lipinski definition) is 1. The number of nitrogen functional groups attached to an aromatic ring is 1. The second-order valence-corrected chi connectivity index (χ2v) is 14.7. The molecule has 1 aromatic carbocycles. The number of amides is 1. The molecule has 0 saturated carbocycles. The van der Waals surface area contributed by atoms with Gasteiger partial charge in [0.2, 0.25) is 0 Å². The summed E-state index contributed by atoms with van der Waals surface area (Å²) in [5.74, 6) is -1.32. The van der Waals surface area contributed by atoms with Gasteiger partial charge in [0.05, 0.1) is 33.6 Å². The first-order chi connectivity index (χ1) is 26.0. The van der Waals surface area contributed by atoms with Crippen molar-refractivity contribution in [2.45, 2.75) is 69.8 Å². The zero-order valence-corrected chi connectivity index (χ0v) is 30.6. The number of benzene rings is 1. The van der Waals surface area contributed by atoms with Gasteiger partial charge < -0.3 is 20.3 Å². The summed E-state index contributed by atoms with van der Waals surface area (Å²) in [5.41, 5.74) is 1.82. The van der Waals surface area contributed by atoms with Crippen LogP contribution in [0.1, 0.15) is 55.8 Å². The molecule has 19 heteroatoms. The SMILES string of the molecule is Cc1cc(N)nc(-c2c(Cl)cc3c(N4CCC(N(C)C(=O)n5cnc(C#N)c5)C[C@@H]4C)nc(OCC45CCCN4CC(=C(F)F)C5)nc3c2F)c1C(F)(F)F. The Bertz CT molecular complexity index is 2270. The van der Waals surface area contributed by atoms with E-state index in [4.69, 9.17) is 27.3 Å². The topological polar surface area (TPSA) is 142 Å². The largest absolute Gasteiger partial charge is 0.461 e. The molecule has 2 N–H and O–H groups in total. The summed E-state index contributed by atoms with van der Waals surface area (Å²) < 4.78 is 94.9. The lowest BCUT2D eigenvalue weighted by atomic mass is 9.94. The molecule has 55 heavy (non-hydrogen) atoms. The van der Waals surface area contributed by atoms with Crippen LogP contribution in [0, 0.1) is 24.1 Å². The highest BCUT2D eigenvalue weighted by Gasteiger charge is 2.48. The molecular formula is C36H35ClF6N10O2. The van der Waals surface area contributed by atoms with Crippen molar-refractivity contribution in [2.75, 3.05) is 43.9 Å². The standard InChI is InChI=1S/C36H35ClF6N10O2/c1-18-9-25(45)47-30(27(18)36(41,42)43)26-24(37)11-23-29(28(26)38)48-33(55-16-35-6-4-7-52(35)14-20(12-35)31(39)40)49-32(23)53-8-5-22(10-19(53)2)50(3)34(54)51-15-21(13-44)46-17-51/h9,11,15,17,19,22H,4-8,10,12,14,16H2,1-3H3,(H2,45,47)/t19-,22?,35?/m0/s1. The van der Waals surface area contributed by atoms with E-state index in [1.165, 1.54) is 30.1 Å². The van der Waals surface area contributed by atoms with Crippen molar-refractivity contribution >= 4 is 40.2 Å². The van der Waals surface area contributed by atoms with Crippen LogP contribution in [-0.2, 0) is 6.18 Å². The van der Waals surface area contributed by atoms with Gasteiger partial charge in [0.1, 0.15) is 36.2 Å². The Morgan fingerprint density at radius 2 is 1.98 bits per heavy atom. The average Bonchev–Trinajstić information content (AvgIpc) is 3.84.